The van der Waals surface area contributed by atoms with E-state index in [9.17, 15) is 9.59 Å². The van der Waals surface area contributed by atoms with E-state index in [0.717, 1.165) is 12.8 Å². The van der Waals surface area contributed by atoms with Gasteiger partial charge in [0.25, 0.3) is 0 Å². The first-order valence-corrected chi connectivity index (χ1v) is 6.26. The lowest BCUT2D eigenvalue weighted by Crippen LogP contribution is -2.60. The number of carboxylic acids is 1. The summed E-state index contributed by atoms with van der Waals surface area (Å²) in [7, 11) is 0. The molecule has 5 heteroatoms. The van der Waals surface area contributed by atoms with Gasteiger partial charge in [-0.25, -0.2) is 4.79 Å². The monoisotopic (exact) mass is 241 g/mol. The molecule has 2 unspecified atom stereocenters. The van der Waals surface area contributed by atoms with Crippen molar-refractivity contribution in [2.24, 2.45) is 5.92 Å². The molecular weight excluding hydrogens is 222 g/mol. The van der Waals surface area contributed by atoms with Crippen molar-refractivity contribution in [2.75, 3.05) is 6.61 Å². The Morgan fingerprint density at radius 3 is 2.65 bits per heavy atom. The van der Waals surface area contributed by atoms with E-state index in [1.807, 2.05) is 6.92 Å². The summed E-state index contributed by atoms with van der Waals surface area (Å²) < 4.78 is 5.45. The maximum atomic E-state index is 12.1. The van der Waals surface area contributed by atoms with E-state index in [1.165, 1.54) is 0 Å². The minimum Gasteiger partial charge on any atom is -0.480 e. The van der Waals surface area contributed by atoms with Gasteiger partial charge < -0.3 is 15.2 Å². The number of hydrogen-bond acceptors (Lipinski definition) is 3. The summed E-state index contributed by atoms with van der Waals surface area (Å²) in [4.78, 5) is 23.2. The van der Waals surface area contributed by atoms with Crippen molar-refractivity contribution in [3.05, 3.63) is 0 Å². The Balaban J connectivity index is 1.99. The molecule has 0 spiro atoms. The number of aliphatic carboxylic acids is 1. The molecule has 2 aliphatic rings. The maximum Gasteiger partial charge on any atom is 0.329 e. The van der Waals surface area contributed by atoms with Crippen LogP contribution in [0.1, 0.15) is 39.0 Å². The fourth-order valence-corrected chi connectivity index (χ4v) is 2.60. The van der Waals surface area contributed by atoms with E-state index in [1.54, 1.807) is 0 Å². The zero-order chi connectivity index (χ0) is 12.5. The van der Waals surface area contributed by atoms with Crippen LogP contribution in [0.3, 0.4) is 0 Å². The van der Waals surface area contributed by atoms with Gasteiger partial charge >= 0.3 is 5.97 Å². The molecule has 0 bridgehead atoms. The van der Waals surface area contributed by atoms with Gasteiger partial charge in [0.1, 0.15) is 5.54 Å². The Hall–Kier alpha value is -1.10. The number of nitrogens with one attached hydrogen (secondary N) is 1. The molecule has 1 saturated heterocycles. The van der Waals surface area contributed by atoms with Gasteiger partial charge in [0, 0.05) is 6.61 Å². The standard InChI is InChI=1S/C12H19NO4/c1-2-9-8(4-7-17-9)10(14)13-12(11(15)16)5-3-6-12/h8-9H,2-7H2,1H3,(H,13,14)(H,15,16). The van der Waals surface area contributed by atoms with Gasteiger partial charge in [-0.2, -0.15) is 0 Å². The molecule has 0 radical (unpaired) electrons. The Kier molecular flexibility index (Phi) is 3.38. The molecule has 1 heterocycles. The van der Waals surface area contributed by atoms with Crippen LogP contribution in [-0.4, -0.2) is 35.2 Å². The summed E-state index contributed by atoms with van der Waals surface area (Å²) in [5.41, 5.74) is -1.00. The summed E-state index contributed by atoms with van der Waals surface area (Å²) in [5, 5.41) is 11.9. The molecular formula is C12H19NO4. The van der Waals surface area contributed by atoms with E-state index >= 15 is 0 Å². The summed E-state index contributed by atoms with van der Waals surface area (Å²) in [6.45, 7) is 2.57. The second-order valence-electron chi connectivity index (χ2n) is 4.94. The maximum absolute atomic E-state index is 12.1. The molecule has 2 fully saturated rings. The largest absolute Gasteiger partial charge is 0.480 e. The average molecular weight is 241 g/mol. The van der Waals surface area contributed by atoms with Crippen LogP contribution in [0, 0.1) is 5.92 Å². The number of carbonyl (C=O) groups is 2. The van der Waals surface area contributed by atoms with Crippen LogP contribution in [0.15, 0.2) is 0 Å². The van der Waals surface area contributed by atoms with Crippen LogP contribution in [0.4, 0.5) is 0 Å². The van der Waals surface area contributed by atoms with Crippen molar-refractivity contribution in [2.45, 2.75) is 50.7 Å². The lowest BCUT2D eigenvalue weighted by atomic mass is 9.76. The van der Waals surface area contributed by atoms with E-state index in [4.69, 9.17) is 9.84 Å². The van der Waals surface area contributed by atoms with Gasteiger partial charge in [-0.05, 0) is 32.1 Å². The lowest BCUT2D eigenvalue weighted by Gasteiger charge is -2.39. The molecule has 2 N–H and O–H groups in total. The van der Waals surface area contributed by atoms with Gasteiger partial charge in [-0.15, -0.1) is 0 Å². The fraction of sp³-hybridized carbons (Fsp3) is 0.833. The van der Waals surface area contributed by atoms with Crippen LogP contribution >= 0.6 is 0 Å². The quantitative estimate of drug-likeness (QED) is 0.767. The van der Waals surface area contributed by atoms with Gasteiger partial charge in [0.2, 0.25) is 5.91 Å². The Morgan fingerprint density at radius 2 is 2.18 bits per heavy atom. The minimum absolute atomic E-state index is 0.0547. The highest BCUT2D eigenvalue weighted by molar-refractivity contribution is 5.89. The number of ether oxygens (including phenoxy) is 1. The fourth-order valence-electron chi connectivity index (χ4n) is 2.60. The number of carbonyl (C=O) groups excluding carboxylic acids is 1. The first-order chi connectivity index (χ1) is 8.09. The molecule has 5 nitrogen and oxygen atoms in total. The van der Waals surface area contributed by atoms with Gasteiger partial charge in [-0.1, -0.05) is 6.92 Å². The van der Waals surface area contributed by atoms with Crippen LogP contribution in [0.2, 0.25) is 0 Å². The minimum atomic E-state index is -1.00. The van der Waals surface area contributed by atoms with Gasteiger partial charge in [-0.3, -0.25) is 4.79 Å². The third-order valence-electron chi connectivity index (χ3n) is 3.93. The van der Waals surface area contributed by atoms with Crippen molar-refractivity contribution >= 4 is 11.9 Å². The molecule has 2 rings (SSSR count). The molecule has 1 aliphatic carbocycles. The third kappa shape index (κ3) is 2.16. The summed E-state index contributed by atoms with van der Waals surface area (Å²) >= 11 is 0. The van der Waals surface area contributed by atoms with E-state index < -0.39 is 11.5 Å². The molecule has 1 saturated carbocycles. The Morgan fingerprint density at radius 1 is 1.47 bits per heavy atom. The lowest BCUT2D eigenvalue weighted by molar-refractivity contribution is -0.152. The normalized spacial score (nSPS) is 30.6. The second kappa shape index (κ2) is 4.64. The molecule has 1 aliphatic heterocycles. The predicted octanol–water partition coefficient (Wildman–Crippen LogP) is 0.925. The number of hydrogen-bond donors (Lipinski definition) is 2. The molecule has 2 atom stereocenters. The highest BCUT2D eigenvalue weighted by atomic mass is 16.5. The van der Waals surface area contributed by atoms with Crippen molar-refractivity contribution in [1.82, 2.24) is 5.32 Å². The summed E-state index contributed by atoms with van der Waals surface area (Å²) in [6, 6.07) is 0. The number of carboxylic acid groups (broad SMARTS) is 1. The zero-order valence-corrected chi connectivity index (χ0v) is 10.1. The second-order valence-corrected chi connectivity index (χ2v) is 4.94. The third-order valence-corrected chi connectivity index (χ3v) is 3.93. The van der Waals surface area contributed by atoms with Gasteiger partial charge in [0.05, 0.1) is 12.0 Å². The first-order valence-electron chi connectivity index (χ1n) is 6.26. The van der Waals surface area contributed by atoms with E-state index in [2.05, 4.69) is 5.32 Å². The topological polar surface area (TPSA) is 75.6 Å². The number of rotatable bonds is 4. The highest BCUT2D eigenvalue weighted by Crippen LogP contribution is 2.33. The first kappa shape index (κ1) is 12.4. The van der Waals surface area contributed by atoms with E-state index in [-0.39, 0.29) is 17.9 Å². The van der Waals surface area contributed by atoms with E-state index in [0.29, 0.717) is 25.9 Å². The SMILES string of the molecule is CCC1OCCC1C(=O)NC1(C(=O)O)CCC1. The molecule has 1 amide bonds. The van der Waals surface area contributed by atoms with Crippen molar-refractivity contribution < 1.29 is 19.4 Å². The van der Waals surface area contributed by atoms with Crippen molar-refractivity contribution in [1.29, 1.82) is 0 Å². The molecule has 0 aromatic carbocycles. The average Bonchev–Trinajstić information content (AvgIpc) is 2.70. The van der Waals surface area contributed by atoms with Crippen LogP contribution < -0.4 is 5.32 Å². The van der Waals surface area contributed by atoms with Crippen molar-refractivity contribution in [3.63, 3.8) is 0 Å². The smallest absolute Gasteiger partial charge is 0.329 e. The Bertz CT molecular complexity index is 324. The van der Waals surface area contributed by atoms with Crippen LogP contribution in [0.25, 0.3) is 0 Å². The molecule has 17 heavy (non-hydrogen) atoms. The predicted molar refractivity (Wildman–Crippen MR) is 60.5 cm³/mol. The highest BCUT2D eigenvalue weighted by Gasteiger charge is 2.47. The molecule has 0 aromatic rings. The van der Waals surface area contributed by atoms with Crippen LogP contribution in [-0.2, 0) is 14.3 Å². The van der Waals surface area contributed by atoms with Gasteiger partial charge in [0.15, 0.2) is 0 Å². The summed E-state index contributed by atoms with van der Waals surface area (Å²) in [6.07, 6.45) is 3.38. The summed E-state index contributed by atoms with van der Waals surface area (Å²) in [5.74, 6) is -1.25. The Labute approximate surface area is 101 Å². The molecule has 0 aromatic heterocycles. The van der Waals surface area contributed by atoms with Crippen molar-refractivity contribution in [3.8, 4) is 0 Å². The number of amides is 1. The zero-order valence-electron chi connectivity index (χ0n) is 10.1. The molecule has 96 valence electrons. The van der Waals surface area contributed by atoms with Crippen LogP contribution in [0.5, 0.6) is 0 Å².